The van der Waals surface area contributed by atoms with E-state index in [1.165, 1.54) is 7.11 Å². The Kier molecular flexibility index (Phi) is 5.29. The minimum Gasteiger partial charge on any atom is -0.469 e. The van der Waals surface area contributed by atoms with Gasteiger partial charge in [0.15, 0.2) is 0 Å². The normalized spacial score (nSPS) is 28.2. The van der Waals surface area contributed by atoms with Crippen molar-refractivity contribution in [2.24, 2.45) is 11.8 Å². The number of carbonyl (C=O) groups is 3. The van der Waals surface area contributed by atoms with Gasteiger partial charge in [0, 0.05) is 25.4 Å². The molecule has 0 aromatic heterocycles. The van der Waals surface area contributed by atoms with Crippen molar-refractivity contribution in [1.82, 2.24) is 10.2 Å². The van der Waals surface area contributed by atoms with Crippen molar-refractivity contribution in [3.63, 3.8) is 0 Å². The number of Topliss-reactive ketones (excluding diaryl/α,β-unsaturated/α-hetero) is 1. The molecule has 1 amide bonds. The summed E-state index contributed by atoms with van der Waals surface area (Å²) in [6, 6.07) is 0.117. The summed E-state index contributed by atoms with van der Waals surface area (Å²) >= 11 is 0. The summed E-state index contributed by atoms with van der Waals surface area (Å²) in [6.45, 7) is 6.21. The number of nitrogens with zero attached hydrogens (tertiary/aromatic N) is 1. The lowest BCUT2D eigenvalue weighted by Gasteiger charge is -2.31. The summed E-state index contributed by atoms with van der Waals surface area (Å²) in [5.41, 5.74) is -0.552. The zero-order valence-corrected chi connectivity index (χ0v) is 14.3. The van der Waals surface area contributed by atoms with Crippen LogP contribution in [0.1, 0.15) is 40.0 Å². The van der Waals surface area contributed by atoms with E-state index in [1.54, 1.807) is 20.8 Å². The number of fused-ring (bicyclic) bond motifs is 1. The molecule has 1 aliphatic heterocycles. The molecule has 2 aliphatic rings. The lowest BCUT2D eigenvalue weighted by atomic mass is 9.79. The van der Waals surface area contributed by atoms with Crippen LogP contribution in [-0.2, 0) is 19.1 Å². The highest BCUT2D eigenvalue weighted by Crippen LogP contribution is 2.38. The first kappa shape index (κ1) is 17.7. The Morgan fingerprint density at radius 3 is 2.65 bits per heavy atom. The number of carbonyl (C=O) groups excluding carboxylic acids is 3. The molecule has 3 atom stereocenters. The molecule has 0 aromatic carbocycles. The van der Waals surface area contributed by atoms with Crippen LogP contribution in [-0.4, -0.2) is 54.7 Å². The lowest BCUT2D eigenvalue weighted by molar-refractivity contribution is -0.146. The van der Waals surface area contributed by atoms with E-state index in [0.717, 1.165) is 0 Å². The van der Waals surface area contributed by atoms with Gasteiger partial charge < -0.3 is 14.8 Å². The largest absolute Gasteiger partial charge is 0.469 e. The number of alkyl carbamates (subject to hydrolysis) is 1. The van der Waals surface area contributed by atoms with E-state index >= 15 is 0 Å². The molecular formula is C16H26N2O5. The SMILES string of the molecule is COC(=O)C1CN(CNC(=O)OC(C)(C)C)C2CCC(=O)CC12. The topological polar surface area (TPSA) is 84.9 Å². The Bertz CT molecular complexity index is 485. The minimum atomic E-state index is -0.552. The van der Waals surface area contributed by atoms with Crippen molar-refractivity contribution in [3.8, 4) is 0 Å². The fraction of sp³-hybridized carbons (Fsp3) is 0.812. The van der Waals surface area contributed by atoms with Crippen molar-refractivity contribution in [2.75, 3.05) is 20.3 Å². The molecule has 0 aromatic rings. The van der Waals surface area contributed by atoms with Gasteiger partial charge in [-0.2, -0.15) is 0 Å². The van der Waals surface area contributed by atoms with Crippen molar-refractivity contribution >= 4 is 17.8 Å². The summed E-state index contributed by atoms with van der Waals surface area (Å²) < 4.78 is 10.1. The van der Waals surface area contributed by atoms with E-state index in [9.17, 15) is 14.4 Å². The summed E-state index contributed by atoms with van der Waals surface area (Å²) in [5.74, 6) is -0.421. The second kappa shape index (κ2) is 6.86. The first-order valence-electron chi connectivity index (χ1n) is 8.01. The standard InChI is InChI=1S/C16H26N2O5/c1-16(2,3)23-15(21)17-9-18-8-12(14(20)22-4)11-7-10(19)5-6-13(11)18/h11-13H,5-9H2,1-4H3,(H,17,21). The molecule has 1 saturated carbocycles. The number of esters is 1. The van der Waals surface area contributed by atoms with E-state index in [2.05, 4.69) is 5.32 Å². The van der Waals surface area contributed by atoms with E-state index in [1.807, 2.05) is 4.90 Å². The third kappa shape index (κ3) is 4.43. The Labute approximate surface area is 136 Å². The van der Waals surface area contributed by atoms with Gasteiger partial charge in [0.2, 0.25) is 0 Å². The van der Waals surface area contributed by atoms with Crippen molar-refractivity contribution in [1.29, 1.82) is 0 Å². The summed E-state index contributed by atoms with van der Waals surface area (Å²) in [7, 11) is 1.36. The highest BCUT2D eigenvalue weighted by Gasteiger charge is 2.48. The lowest BCUT2D eigenvalue weighted by Crippen LogP contribution is -2.44. The quantitative estimate of drug-likeness (QED) is 0.787. The van der Waals surface area contributed by atoms with Crippen molar-refractivity contribution in [2.45, 2.75) is 51.7 Å². The number of ether oxygens (including phenoxy) is 2. The van der Waals surface area contributed by atoms with Gasteiger partial charge in [-0.05, 0) is 33.1 Å². The number of likely N-dealkylation sites (tertiary alicyclic amines) is 1. The van der Waals surface area contributed by atoms with Crippen LogP contribution in [0.25, 0.3) is 0 Å². The molecule has 1 saturated heterocycles. The van der Waals surface area contributed by atoms with Crippen LogP contribution < -0.4 is 5.32 Å². The molecule has 0 bridgehead atoms. The molecular weight excluding hydrogens is 300 g/mol. The molecule has 130 valence electrons. The zero-order valence-electron chi connectivity index (χ0n) is 14.3. The van der Waals surface area contributed by atoms with Crippen LogP contribution in [0.2, 0.25) is 0 Å². The van der Waals surface area contributed by atoms with Gasteiger partial charge in [-0.1, -0.05) is 0 Å². The van der Waals surface area contributed by atoms with Crippen LogP contribution in [0.5, 0.6) is 0 Å². The first-order valence-corrected chi connectivity index (χ1v) is 8.01. The van der Waals surface area contributed by atoms with Crippen LogP contribution in [0.4, 0.5) is 4.79 Å². The monoisotopic (exact) mass is 326 g/mol. The number of rotatable bonds is 3. The molecule has 0 radical (unpaired) electrons. The third-order valence-electron chi connectivity index (χ3n) is 4.42. The maximum atomic E-state index is 12.0. The van der Waals surface area contributed by atoms with Gasteiger partial charge in [0.1, 0.15) is 11.4 Å². The molecule has 3 unspecified atom stereocenters. The number of hydrogen-bond donors (Lipinski definition) is 1. The molecule has 2 fully saturated rings. The summed E-state index contributed by atoms with van der Waals surface area (Å²) in [6.07, 6.45) is 1.17. The second-order valence-electron chi connectivity index (χ2n) is 7.25. The fourth-order valence-electron chi connectivity index (χ4n) is 3.47. The van der Waals surface area contributed by atoms with Crippen molar-refractivity contribution in [3.05, 3.63) is 0 Å². The summed E-state index contributed by atoms with van der Waals surface area (Å²) in [4.78, 5) is 37.5. The summed E-state index contributed by atoms with van der Waals surface area (Å²) in [5, 5.41) is 2.73. The van der Waals surface area contributed by atoms with Crippen LogP contribution in [0, 0.1) is 11.8 Å². The molecule has 1 N–H and O–H groups in total. The molecule has 7 heteroatoms. The van der Waals surface area contributed by atoms with E-state index in [4.69, 9.17) is 9.47 Å². The van der Waals surface area contributed by atoms with Gasteiger partial charge in [-0.3, -0.25) is 14.5 Å². The minimum absolute atomic E-state index is 0.0239. The predicted octanol–water partition coefficient (Wildman–Crippen LogP) is 1.31. The van der Waals surface area contributed by atoms with Crippen molar-refractivity contribution < 1.29 is 23.9 Å². The Balaban J connectivity index is 1.98. The van der Waals surface area contributed by atoms with Crippen LogP contribution in [0.3, 0.4) is 0 Å². The predicted molar refractivity (Wildman–Crippen MR) is 82.6 cm³/mol. The van der Waals surface area contributed by atoms with E-state index in [0.29, 0.717) is 32.5 Å². The fourth-order valence-corrected chi connectivity index (χ4v) is 3.47. The number of ketones is 1. The van der Waals surface area contributed by atoms with Gasteiger partial charge >= 0.3 is 12.1 Å². The smallest absolute Gasteiger partial charge is 0.408 e. The molecule has 23 heavy (non-hydrogen) atoms. The first-order chi connectivity index (χ1) is 10.7. The molecule has 2 rings (SSSR count). The average Bonchev–Trinajstić information content (AvgIpc) is 2.80. The van der Waals surface area contributed by atoms with Gasteiger partial charge in [-0.15, -0.1) is 0 Å². The number of amides is 1. The van der Waals surface area contributed by atoms with E-state index in [-0.39, 0.29) is 29.6 Å². The molecule has 1 aliphatic carbocycles. The van der Waals surface area contributed by atoms with Crippen LogP contribution >= 0.6 is 0 Å². The van der Waals surface area contributed by atoms with Crippen LogP contribution in [0.15, 0.2) is 0 Å². The highest BCUT2D eigenvalue weighted by atomic mass is 16.6. The van der Waals surface area contributed by atoms with Gasteiger partial charge in [-0.25, -0.2) is 4.79 Å². The van der Waals surface area contributed by atoms with Gasteiger partial charge in [0.25, 0.3) is 0 Å². The Morgan fingerprint density at radius 2 is 2.04 bits per heavy atom. The third-order valence-corrected chi connectivity index (χ3v) is 4.42. The Morgan fingerprint density at radius 1 is 1.35 bits per heavy atom. The number of methoxy groups -OCH3 is 1. The second-order valence-corrected chi connectivity index (χ2v) is 7.25. The Hall–Kier alpha value is -1.63. The molecule has 7 nitrogen and oxygen atoms in total. The molecule has 0 spiro atoms. The zero-order chi connectivity index (χ0) is 17.2. The van der Waals surface area contributed by atoms with E-state index < -0.39 is 11.7 Å². The van der Waals surface area contributed by atoms with Gasteiger partial charge in [0.05, 0.1) is 19.7 Å². The number of nitrogens with one attached hydrogen (secondary N) is 1. The highest BCUT2D eigenvalue weighted by molar-refractivity contribution is 5.82. The molecule has 1 heterocycles. The number of hydrogen-bond acceptors (Lipinski definition) is 6. The maximum absolute atomic E-state index is 12.0. The average molecular weight is 326 g/mol. The maximum Gasteiger partial charge on any atom is 0.408 e.